The van der Waals surface area contributed by atoms with Crippen LogP contribution in [0.5, 0.6) is 0 Å². The Bertz CT molecular complexity index is 576. The minimum absolute atomic E-state index is 0.404. The molecule has 1 aliphatic rings. The van der Waals surface area contributed by atoms with Gasteiger partial charge in [0.05, 0.1) is 18.5 Å². The molecule has 2 aromatic heterocycles. The second-order valence-electron chi connectivity index (χ2n) is 5.24. The molecule has 3 heterocycles. The number of anilines is 1. The molecule has 1 fully saturated rings. The van der Waals surface area contributed by atoms with Crippen LogP contribution < -0.4 is 4.90 Å². The van der Waals surface area contributed by atoms with Crippen LogP contribution >= 0.6 is 0 Å². The summed E-state index contributed by atoms with van der Waals surface area (Å²) in [6.07, 6.45) is 4.54. The topological polar surface area (TPSA) is 66.9 Å². The molecule has 1 aliphatic heterocycles. The van der Waals surface area contributed by atoms with E-state index < -0.39 is 0 Å². The molecule has 0 unspecified atom stereocenters. The molecule has 3 rings (SSSR count). The molecule has 6 heteroatoms. The molecule has 0 aromatic carbocycles. The zero-order valence-electron chi connectivity index (χ0n) is 11.8. The number of nitrogens with one attached hydrogen (secondary N) is 1. The Morgan fingerprint density at radius 1 is 1.45 bits per heavy atom. The van der Waals surface area contributed by atoms with Crippen LogP contribution in [0.3, 0.4) is 0 Å². The zero-order valence-corrected chi connectivity index (χ0v) is 11.8. The van der Waals surface area contributed by atoms with Gasteiger partial charge < -0.3 is 9.64 Å². The number of rotatable bonds is 4. The van der Waals surface area contributed by atoms with Crippen molar-refractivity contribution in [1.29, 1.82) is 0 Å². The molecule has 0 radical (unpaired) electrons. The summed E-state index contributed by atoms with van der Waals surface area (Å²) < 4.78 is 5.43. The van der Waals surface area contributed by atoms with Gasteiger partial charge in [0.1, 0.15) is 12.1 Å². The van der Waals surface area contributed by atoms with Crippen LogP contribution in [0.1, 0.15) is 29.3 Å². The molecule has 106 valence electrons. The third-order valence-electron chi connectivity index (χ3n) is 3.75. The lowest BCUT2D eigenvalue weighted by Gasteiger charge is -2.19. The van der Waals surface area contributed by atoms with E-state index in [2.05, 4.69) is 31.1 Å². The van der Waals surface area contributed by atoms with Crippen LogP contribution in [0.15, 0.2) is 18.6 Å². The maximum absolute atomic E-state index is 5.43. The largest absolute Gasteiger partial charge is 0.381 e. The van der Waals surface area contributed by atoms with Crippen LogP contribution in [0.25, 0.3) is 0 Å². The molecule has 0 bridgehead atoms. The Morgan fingerprint density at radius 3 is 3.05 bits per heavy atom. The first kappa shape index (κ1) is 13.1. The van der Waals surface area contributed by atoms with E-state index in [0.717, 1.165) is 43.4 Å². The summed E-state index contributed by atoms with van der Waals surface area (Å²) in [6.45, 7) is 4.40. The molecule has 6 nitrogen and oxygen atoms in total. The molecular formula is C14H19N5O. The van der Waals surface area contributed by atoms with Crippen molar-refractivity contribution in [2.24, 2.45) is 0 Å². The number of aromatic amines is 1. The Balaban J connectivity index is 1.75. The second-order valence-corrected chi connectivity index (χ2v) is 5.24. The number of hydrogen-bond acceptors (Lipinski definition) is 5. The van der Waals surface area contributed by atoms with E-state index in [0.29, 0.717) is 5.92 Å². The van der Waals surface area contributed by atoms with E-state index in [1.807, 2.05) is 20.2 Å². The van der Waals surface area contributed by atoms with Gasteiger partial charge in [-0.05, 0) is 13.3 Å². The van der Waals surface area contributed by atoms with Gasteiger partial charge in [-0.1, -0.05) is 0 Å². The van der Waals surface area contributed by atoms with Crippen molar-refractivity contribution in [3.05, 3.63) is 35.5 Å². The summed E-state index contributed by atoms with van der Waals surface area (Å²) in [6, 6.07) is 2.06. The Labute approximate surface area is 118 Å². The summed E-state index contributed by atoms with van der Waals surface area (Å²) >= 11 is 0. The summed E-state index contributed by atoms with van der Waals surface area (Å²) in [7, 11) is 2.03. The first-order valence-electron chi connectivity index (χ1n) is 6.83. The van der Waals surface area contributed by atoms with Crippen LogP contribution in [-0.4, -0.2) is 40.4 Å². The molecule has 1 saturated heterocycles. The summed E-state index contributed by atoms with van der Waals surface area (Å²) in [5, 5.41) is 7.00. The number of ether oxygens (including phenoxy) is 1. The van der Waals surface area contributed by atoms with Crippen molar-refractivity contribution < 1.29 is 4.74 Å². The van der Waals surface area contributed by atoms with Crippen molar-refractivity contribution in [3.8, 4) is 0 Å². The number of hydrogen-bond donors (Lipinski definition) is 1. The second kappa shape index (κ2) is 5.58. The Hall–Kier alpha value is -1.95. The van der Waals surface area contributed by atoms with Gasteiger partial charge >= 0.3 is 0 Å². The number of H-pyrrole nitrogens is 1. The monoisotopic (exact) mass is 273 g/mol. The van der Waals surface area contributed by atoms with Crippen LogP contribution in [0.2, 0.25) is 0 Å². The average molecular weight is 273 g/mol. The zero-order chi connectivity index (χ0) is 13.9. The molecule has 0 amide bonds. The predicted octanol–water partition coefficient (Wildman–Crippen LogP) is 1.65. The van der Waals surface area contributed by atoms with Gasteiger partial charge in [0.25, 0.3) is 0 Å². The number of aryl methyl sites for hydroxylation is 1. The molecule has 0 spiro atoms. The molecule has 0 saturated carbocycles. The highest BCUT2D eigenvalue weighted by atomic mass is 16.5. The predicted molar refractivity (Wildman–Crippen MR) is 75.6 cm³/mol. The van der Waals surface area contributed by atoms with Crippen LogP contribution in [0, 0.1) is 6.92 Å². The maximum atomic E-state index is 5.43. The van der Waals surface area contributed by atoms with Gasteiger partial charge in [-0.25, -0.2) is 9.97 Å². The molecular weight excluding hydrogens is 254 g/mol. The van der Waals surface area contributed by atoms with E-state index in [4.69, 9.17) is 4.74 Å². The molecule has 0 aliphatic carbocycles. The highest BCUT2D eigenvalue weighted by Crippen LogP contribution is 2.25. The number of aromatic nitrogens is 4. The normalized spacial score (nSPS) is 18.4. The van der Waals surface area contributed by atoms with Crippen LogP contribution in [-0.2, 0) is 11.3 Å². The van der Waals surface area contributed by atoms with Crippen molar-refractivity contribution in [2.45, 2.75) is 25.8 Å². The minimum Gasteiger partial charge on any atom is -0.381 e. The highest BCUT2D eigenvalue weighted by molar-refractivity contribution is 5.40. The van der Waals surface area contributed by atoms with Gasteiger partial charge in [-0.3, -0.25) is 5.10 Å². The third kappa shape index (κ3) is 2.65. The van der Waals surface area contributed by atoms with Crippen molar-refractivity contribution >= 4 is 5.82 Å². The van der Waals surface area contributed by atoms with E-state index in [-0.39, 0.29) is 0 Å². The van der Waals surface area contributed by atoms with E-state index in [1.165, 1.54) is 5.56 Å². The number of nitrogens with zero attached hydrogens (tertiary/aromatic N) is 4. The minimum atomic E-state index is 0.404. The molecule has 1 N–H and O–H groups in total. The third-order valence-corrected chi connectivity index (χ3v) is 3.75. The highest BCUT2D eigenvalue weighted by Gasteiger charge is 2.20. The lowest BCUT2D eigenvalue weighted by Crippen LogP contribution is -2.18. The first-order chi connectivity index (χ1) is 9.74. The van der Waals surface area contributed by atoms with Gasteiger partial charge in [-0.2, -0.15) is 5.10 Å². The fourth-order valence-electron chi connectivity index (χ4n) is 2.43. The van der Waals surface area contributed by atoms with Crippen molar-refractivity contribution in [1.82, 2.24) is 20.2 Å². The fraction of sp³-hybridized carbons (Fsp3) is 0.500. The molecule has 1 atom stereocenters. The van der Waals surface area contributed by atoms with Gasteiger partial charge in [0.2, 0.25) is 0 Å². The van der Waals surface area contributed by atoms with Crippen LogP contribution in [0.4, 0.5) is 5.82 Å². The summed E-state index contributed by atoms with van der Waals surface area (Å²) in [5.41, 5.74) is 3.34. The molecule has 20 heavy (non-hydrogen) atoms. The lowest BCUT2D eigenvalue weighted by molar-refractivity contribution is 0.193. The van der Waals surface area contributed by atoms with E-state index >= 15 is 0 Å². The van der Waals surface area contributed by atoms with E-state index in [9.17, 15) is 0 Å². The Morgan fingerprint density at radius 2 is 2.35 bits per heavy atom. The van der Waals surface area contributed by atoms with Crippen molar-refractivity contribution in [2.75, 3.05) is 25.2 Å². The summed E-state index contributed by atoms with van der Waals surface area (Å²) in [5.74, 6) is 1.34. The summed E-state index contributed by atoms with van der Waals surface area (Å²) in [4.78, 5) is 10.9. The van der Waals surface area contributed by atoms with Gasteiger partial charge in [0, 0.05) is 43.4 Å². The quantitative estimate of drug-likeness (QED) is 0.917. The molecule has 2 aromatic rings. The average Bonchev–Trinajstić information content (AvgIpc) is 3.12. The van der Waals surface area contributed by atoms with Gasteiger partial charge in [0.15, 0.2) is 0 Å². The van der Waals surface area contributed by atoms with Gasteiger partial charge in [-0.15, -0.1) is 0 Å². The first-order valence-corrected chi connectivity index (χ1v) is 6.83. The standard InChI is InChI=1S/C14H19N5O/c1-10-12(6-17-18-10)7-19(2)14-5-13(15-9-16-14)11-3-4-20-8-11/h5-6,9,11H,3-4,7-8H2,1-2H3,(H,17,18)/t11-/m1/s1. The van der Waals surface area contributed by atoms with E-state index in [1.54, 1.807) is 6.33 Å². The Kier molecular flexibility index (Phi) is 3.64. The lowest BCUT2D eigenvalue weighted by atomic mass is 10.0. The van der Waals surface area contributed by atoms with Crippen molar-refractivity contribution in [3.63, 3.8) is 0 Å². The maximum Gasteiger partial charge on any atom is 0.132 e. The smallest absolute Gasteiger partial charge is 0.132 e. The fourth-order valence-corrected chi connectivity index (χ4v) is 2.43. The SMILES string of the molecule is Cc1[nH]ncc1CN(C)c1cc([C@@H]2CCOC2)ncn1.